The van der Waals surface area contributed by atoms with E-state index in [2.05, 4.69) is 10.3 Å². The van der Waals surface area contributed by atoms with E-state index in [1.54, 1.807) is 12.3 Å². The average molecular weight is 354 g/mol. The summed E-state index contributed by atoms with van der Waals surface area (Å²) in [4.78, 5) is 16.9. The van der Waals surface area contributed by atoms with Crippen molar-refractivity contribution in [2.45, 2.75) is 6.61 Å². The molecule has 0 aliphatic heterocycles. The lowest BCUT2D eigenvalue weighted by molar-refractivity contribution is 0.102. The molecule has 4 nitrogen and oxygen atoms in total. The molecular formula is C23H18N2O2. The molecule has 1 amide bonds. The van der Waals surface area contributed by atoms with Crippen LogP contribution in [0.2, 0.25) is 0 Å². The predicted octanol–water partition coefficient (Wildman–Crippen LogP) is 5.07. The van der Waals surface area contributed by atoms with Crippen LogP contribution in [0.25, 0.3) is 10.9 Å². The summed E-state index contributed by atoms with van der Waals surface area (Å²) in [7, 11) is 0. The molecule has 0 radical (unpaired) electrons. The number of nitrogens with one attached hydrogen (secondary N) is 1. The van der Waals surface area contributed by atoms with Gasteiger partial charge in [0.2, 0.25) is 0 Å². The number of nitrogens with zero attached hydrogens (tertiary/aromatic N) is 1. The van der Waals surface area contributed by atoms with Gasteiger partial charge in [-0.1, -0.05) is 48.5 Å². The van der Waals surface area contributed by atoms with Crippen LogP contribution in [-0.4, -0.2) is 10.9 Å². The topological polar surface area (TPSA) is 51.2 Å². The summed E-state index contributed by atoms with van der Waals surface area (Å²) in [6, 6.07) is 26.7. The van der Waals surface area contributed by atoms with Gasteiger partial charge in [0.15, 0.2) is 0 Å². The number of para-hydroxylation sites is 1. The van der Waals surface area contributed by atoms with Gasteiger partial charge in [-0.15, -0.1) is 0 Å². The number of carbonyl (C=O) groups excluding carboxylic acids is 1. The number of hydrogen-bond donors (Lipinski definition) is 1. The molecule has 0 saturated carbocycles. The van der Waals surface area contributed by atoms with Crippen molar-refractivity contribution in [3.63, 3.8) is 0 Å². The first kappa shape index (κ1) is 16.8. The maximum Gasteiger partial charge on any atom is 0.255 e. The van der Waals surface area contributed by atoms with Crippen LogP contribution in [0.4, 0.5) is 5.69 Å². The van der Waals surface area contributed by atoms with Gasteiger partial charge in [0.1, 0.15) is 12.4 Å². The number of fused-ring (bicyclic) bond motifs is 1. The highest BCUT2D eigenvalue weighted by Gasteiger charge is 2.08. The van der Waals surface area contributed by atoms with E-state index in [4.69, 9.17) is 4.74 Å². The zero-order valence-corrected chi connectivity index (χ0v) is 14.6. The molecule has 27 heavy (non-hydrogen) atoms. The number of anilines is 1. The smallest absolute Gasteiger partial charge is 0.255 e. The molecule has 0 unspecified atom stereocenters. The second kappa shape index (κ2) is 7.70. The van der Waals surface area contributed by atoms with Gasteiger partial charge in [-0.2, -0.15) is 0 Å². The maximum atomic E-state index is 12.5. The Morgan fingerprint density at radius 3 is 2.41 bits per heavy atom. The van der Waals surface area contributed by atoms with Crippen LogP contribution in [0.5, 0.6) is 5.75 Å². The maximum absolute atomic E-state index is 12.5. The molecule has 4 heteroatoms. The van der Waals surface area contributed by atoms with Crippen LogP contribution in [-0.2, 0) is 6.61 Å². The van der Waals surface area contributed by atoms with Gasteiger partial charge >= 0.3 is 0 Å². The third kappa shape index (κ3) is 4.12. The van der Waals surface area contributed by atoms with Gasteiger partial charge in [-0.25, -0.2) is 0 Å². The molecule has 0 saturated heterocycles. The first-order chi connectivity index (χ1) is 13.3. The summed E-state index contributed by atoms with van der Waals surface area (Å²) in [5.41, 5.74) is 3.25. The first-order valence-corrected chi connectivity index (χ1v) is 8.71. The summed E-state index contributed by atoms with van der Waals surface area (Å²) >= 11 is 0. The fourth-order valence-corrected chi connectivity index (χ4v) is 2.80. The number of benzene rings is 3. The highest BCUT2D eigenvalue weighted by Crippen LogP contribution is 2.21. The minimum absolute atomic E-state index is 0.154. The van der Waals surface area contributed by atoms with Crippen LogP contribution >= 0.6 is 0 Å². The second-order valence-electron chi connectivity index (χ2n) is 6.17. The zero-order chi connectivity index (χ0) is 18.5. The Hall–Kier alpha value is -3.66. The summed E-state index contributed by atoms with van der Waals surface area (Å²) in [5.74, 6) is 0.519. The van der Waals surface area contributed by atoms with E-state index in [0.29, 0.717) is 17.9 Å². The molecule has 3 aromatic carbocycles. The molecule has 0 aliphatic rings. The van der Waals surface area contributed by atoms with Crippen molar-refractivity contribution in [1.82, 2.24) is 4.98 Å². The number of pyridine rings is 1. The molecule has 1 N–H and O–H groups in total. The molecule has 132 valence electrons. The molecule has 4 rings (SSSR count). The average Bonchev–Trinajstić information content (AvgIpc) is 2.73. The Morgan fingerprint density at radius 2 is 1.63 bits per heavy atom. The van der Waals surface area contributed by atoms with Crippen molar-refractivity contribution in [1.29, 1.82) is 0 Å². The van der Waals surface area contributed by atoms with Crippen LogP contribution < -0.4 is 10.1 Å². The van der Waals surface area contributed by atoms with E-state index < -0.39 is 0 Å². The highest BCUT2D eigenvalue weighted by atomic mass is 16.5. The lowest BCUT2D eigenvalue weighted by Gasteiger charge is -2.08. The normalized spacial score (nSPS) is 10.5. The fourth-order valence-electron chi connectivity index (χ4n) is 2.80. The molecule has 0 fully saturated rings. The number of carbonyl (C=O) groups is 1. The van der Waals surface area contributed by atoms with Crippen LogP contribution in [0.15, 0.2) is 91.1 Å². The van der Waals surface area contributed by atoms with Crippen molar-refractivity contribution in [2.75, 3.05) is 5.32 Å². The lowest BCUT2D eigenvalue weighted by Crippen LogP contribution is -2.11. The van der Waals surface area contributed by atoms with E-state index in [9.17, 15) is 4.79 Å². The van der Waals surface area contributed by atoms with Crippen molar-refractivity contribution in [2.24, 2.45) is 0 Å². The standard InChI is InChI=1S/C23H18N2O2/c26-23(25-20-9-5-2-6-10-20)18-11-12-22-19(13-18)14-21(15-24-22)27-16-17-7-3-1-4-8-17/h1-15H,16H2,(H,25,26). The van der Waals surface area contributed by atoms with E-state index in [1.807, 2.05) is 78.9 Å². The van der Waals surface area contributed by atoms with E-state index >= 15 is 0 Å². The minimum Gasteiger partial charge on any atom is -0.487 e. The molecule has 4 aromatic rings. The fraction of sp³-hybridized carbons (Fsp3) is 0.0435. The molecule has 1 aromatic heterocycles. The minimum atomic E-state index is -0.154. The Bertz CT molecular complexity index is 1060. The first-order valence-electron chi connectivity index (χ1n) is 8.71. The zero-order valence-electron chi connectivity index (χ0n) is 14.6. The Labute approximate surface area is 157 Å². The van der Waals surface area contributed by atoms with Gasteiger partial charge in [-0.05, 0) is 42.0 Å². The number of amides is 1. The largest absolute Gasteiger partial charge is 0.487 e. The van der Waals surface area contributed by atoms with Crippen molar-refractivity contribution in [3.05, 3.63) is 102 Å². The third-order valence-corrected chi connectivity index (χ3v) is 4.20. The van der Waals surface area contributed by atoms with E-state index in [1.165, 1.54) is 0 Å². The Kier molecular flexibility index (Phi) is 4.79. The second-order valence-corrected chi connectivity index (χ2v) is 6.17. The van der Waals surface area contributed by atoms with Gasteiger partial charge in [0, 0.05) is 16.6 Å². The number of ether oxygens (including phenoxy) is 1. The van der Waals surface area contributed by atoms with Gasteiger partial charge in [0.05, 0.1) is 11.7 Å². The summed E-state index contributed by atoms with van der Waals surface area (Å²) in [5, 5.41) is 3.76. The lowest BCUT2D eigenvalue weighted by atomic mass is 10.1. The van der Waals surface area contributed by atoms with Gasteiger partial charge in [-0.3, -0.25) is 9.78 Å². The predicted molar refractivity (Wildman–Crippen MR) is 107 cm³/mol. The monoisotopic (exact) mass is 354 g/mol. The number of hydrogen-bond acceptors (Lipinski definition) is 3. The quantitative estimate of drug-likeness (QED) is 0.545. The summed E-state index contributed by atoms with van der Waals surface area (Å²) in [6.07, 6.45) is 1.70. The highest BCUT2D eigenvalue weighted by molar-refractivity contribution is 6.06. The third-order valence-electron chi connectivity index (χ3n) is 4.20. The SMILES string of the molecule is O=C(Nc1ccccc1)c1ccc2ncc(OCc3ccccc3)cc2c1. The van der Waals surface area contributed by atoms with Crippen LogP contribution in [0.1, 0.15) is 15.9 Å². The number of aromatic nitrogens is 1. The molecule has 0 bridgehead atoms. The van der Waals surface area contributed by atoms with E-state index in [0.717, 1.165) is 22.2 Å². The molecule has 1 heterocycles. The Balaban J connectivity index is 1.53. The molecule has 0 aliphatic carbocycles. The van der Waals surface area contributed by atoms with Gasteiger partial charge in [0.25, 0.3) is 5.91 Å². The number of rotatable bonds is 5. The Morgan fingerprint density at radius 1 is 0.889 bits per heavy atom. The van der Waals surface area contributed by atoms with Crippen molar-refractivity contribution in [3.8, 4) is 5.75 Å². The van der Waals surface area contributed by atoms with Crippen LogP contribution in [0.3, 0.4) is 0 Å². The van der Waals surface area contributed by atoms with Crippen LogP contribution in [0, 0.1) is 0 Å². The summed E-state index contributed by atoms with van der Waals surface area (Å²) < 4.78 is 5.83. The van der Waals surface area contributed by atoms with Crippen molar-refractivity contribution < 1.29 is 9.53 Å². The molecular weight excluding hydrogens is 336 g/mol. The van der Waals surface area contributed by atoms with Crippen molar-refractivity contribution >= 4 is 22.5 Å². The molecule has 0 atom stereocenters. The van der Waals surface area contributed by atoms with E-state index in [-0.39, 0.29) is 5.91 Å². The molecule has 0 spiro atoms. The van der Waals surface area contributed by atoms with Gasteiger partial charge < -0.3 is 10.1 Å². The summed E-state index contributed by atoms with van der Waals surface area (Å²) in [6.45, 7) is 0.474.